The molecule has 0 radical (unpaired) electrons. The standard InChI is InChI=1S/C13H15FO2/c1-16-13(15)9-4-2-3-6-11-7-5-8-12(14)10-11/h3,5-8,10H,2,4,9H2,1H3. The number of carbonyl (C=O) groups excluding carboxylic acids is 1. The minimum absolute atomic E-state index is 0.195. The van der Waals surface area contributed by atoms with Crippen LogP contribution < -0.4 is 0 Å². The lowest BCUT2D eigenvalue weighted by molar-refractivity contribution is -0.140. The number of ether oxygens (including phenoxy) is 1. The van der Waals surface area contributed by atoms with E-state index < -0.39 is 0 Å². The van der Waals surface area contributed by atoms with Crippen molar-refractivity contribution in [3.8, 4) is 0 Å². The summed E-state index contributed by atoms with van der Waals surface area (Å²) in [5.74, 6) is -0.434. The molecule has 0 bridgehead atoms. The summed E-state index contributed by atoms with van der Waals surface area (Å²) in [7, 11) is 1.38. The van der Waals surface area contributed by atoms with Crippen molar-refractivity contribution < 1.29 is 13.9 Å². The number of hydrogen-bond donors (Lipinski definition) is 0. The Hall–Kier alpha value is -1.64. The van der Waals surface area contributed by atoms with Gasteiger partial charge in [-0.25, -0.2) is 4.39 Å². The largest absolute Gasteiger partial charge is 0.469 e. The van der Waals surface area contributed by atoms with Gasteiger partial charge in [0.1, 0.15) is 5.82 Å². The molecule has 0 aliphatic carbocycles. The summed E-state index contributed by atoms with van der Waals surface area (Å²) in [5, 5.41) is 0. The molecule has 0 aliphatic rings. The average molecular weight is 222 g/mol. The van der Waals surface area contributed by atoms with Crippen LogP contribution in [-0.2, 0) is 9.53 Å². The van der Waals surface area contributed by atoms with Gasteiger partial charge >= 0.3 is 5.97 Å². The van der Waals surface area contributed by atoms with Gasteiger partial charge in [0.05, 0.1) is 7.11 Å². The fourth-order valence-electron chi connectivity index (χ4n) is 1.30. The van der Waals surface area contributed by atoms with Gasteiger partial charge in [-0.1, -0.05) is 24.3 Å². The molecular weight excluding hydrogens is 207 g/mol. The van der Waals surface area contributed by atoms with E-state index in [0.717, 1.165) is 18.4 Å². The highest BCUT2D eigenvalue weighted by atomic mass is 19.1. The topological polar surface area (TPSA) is 26.3 Å². The molecule has 1 aromatic carbocycles. The number of unbranched alkanes of at least 4 members (excludes halogenated alkanes) is 1. The van der Waals surface area contributed by atoms with E-state index in [4.69, 9.17) is 0 Å². The first-order valence-corrected chi connectivity index (χ1v) is 5.21. The number of benzene rings is 1. The van der Waals surface area contributed by atoms with Crippen LogP contribution in [0.3, 0.4) is 0 Å². The van der Waals surface area contributed by atoms with Crippen molar-refractivity contribution in [2.24, 2.45) is 0 Å². The van der Waals surface area contributed by atoms with E-state index >= 15 is 0 Å². The van der Waals surface area contributed by atoms with Crippen LogP contribution in [0.15, 0.2) is 30.3 Å². The molecule has 0 amide bonds. The third kappa shape index (κ3) is 4.73. The maximum Gasteiger partial charge on any atom is 0.305 e. The molecule has 3 heteroatoms. The molecule has 0 unspecified atom stereocenters. The Kier molecular flexibility index (Phi) is 5.26. The van der Waals surface area contributed by atoms with E-state index in [-0.39, 0.29) is 11.8 Å². The lowest BCUT2D eigenvalue weighted by Crippen LogP contribution is -1.98. The van der Waals surface area contributed by atoms with E-state index in [2.05, 4.69) is 4.74 Å². The van der Waals surface area contributed by atoms with E-state index in [1.54, 1.807) is 6.07 Å². The first-order chi connectivity index (χ1) is 7.72. The van der Waals surface area contributed by atoms with Gasteiger partial charge in [-0.2, -0.15) is 0 Å². The number of allylic oxidation sites excluding steroid dienone is 1. The molecule has 0 fully saturated rings. The summed E-state index contributed by atoms with van der Waals surface area (Å²) in [6.45, 7) is 0. The second-order valence-electron chi connectivity index (χ2n) is 3.43. The highest BCUT2D eigenvalue weighted by Crippen LogP contribution is 2.07. The van der Waals surface area contributed by atoms with E-state index in [9.17, 15) is 9.18 Å². The Morgan fingerprint density at radius 3 is 3.00 bits per heavy atom. The van der Waals surface area contributed by atoms with Crippen LogP contribution >= 0.6 is 0 Å². The number of hydrogen-bond acceptors (Lipinski definition) is 2. The maximum absolute atomic E-state index is 12.8. The predicted octanol–water partition coefficient (Wildman–Crippen LogP) is 3.18. The minimum atomic E-state index is -0.239. The summed E-state index contributed by atoms with van der Waals surface area (Å²) >= 11 is 0. The predicted molar refractivity (Wildman–Crippen MR) is 61.3 cm³/mol. The third-order valence-electron chi connectivity index (χ3n) is 2.14. The molecule has 0 saturated carbocycles. The van der Waals surface area contributed by atoms with Crippen LogP contribution in [0.1, 0.15) is 24.8 Å². The van der Waals surface area contributed by atoms with Crippen LogP contribution in [0.5, 0.6) is 0 Å². The molecule has 0 N–H and O–H groups in total. The molecule has 16 heavy (non-hydrogen) atoms. The normalized spacial score (nSPS) is 10.6. The van der Waals surface area contributed by atoms with Crippen LogP contribution in [0.2, 0.25) is 0 Å². The Balaban J connectivity index is 2.30. The van der Waals surface area contributed by atoms with Crippen molar-refractivity contribution in [1.29, 1.82) is 0 Å². The molecule has 2 nitrogen and oxygen atoms in total. The molecule has 0 saturated heterocycles. The second kappa shape index (κ2) is 6.77. The zero-order chi connectivity index (χ0) is 11.8. The van der Waals surface area contributed by atoms with Crippen molar-refractivity contribution in [2.75, 3.05) is 7.11 Å². The van der Waals surface area contributed by atoms with E-state index in [1.165, 1.54) is 19.2 Å². The van der Waals surface area contributed by atoms with Crippen molar-refractivity contribution in [3.05, 3.63) is 41.7 Å². The number of rotatable bonds is 5. The zero-order valence-electron chi connectivity index (χ0n) is 9.28. The molecule has 0 aliphatic heterocycles. The molecule has 0 spiro atoms. The Morgan fingerprint density at radius 1 is 1.50 bits per heavy atom. The zero-order valence-corrected chi connectivity index (χ0v) is 9.28. The molecule has 86 valence electrons. The lowest BCUT2D eigenvalue weighted by atomic mass is 10.1. The van der Waals surface area contributed by atoms with E-state index in [1.807, 2.05) is 18.2 Å². The van der Waals surface area contributed by atoms with Crippen molar-refractivity contribution in [1.82, 2.24) is 0 Å². The molecule has 0 atom stereocenters. The fourth-order valence-corrected chi connectivity index (χ4v) is 1.30. The molecule has 1 aromatic rings. The van der Waals surface area contributed by atoms with Gasteiger partial charge in [-0.05, 0) is 30.5 Å². The van der Waals surface area contributed by atoms with E-state index in [0.29, 0.717) is 6.42 Å². The Morgan fingerprint density at radius 2 is 2.31 bits per heavy atom. The van der Waals surface area contributed by atoms with Crippen LogP contribution in [-0.4, -0.2) is 13.1 Å². The lowest BCUT2D eigenvalue weighted by Gasteiger charge is -1.96. The van der Waals surface area contributed by atoms with Crippen LogP contribution in [0.4, 0.5) is 4.39 Å². The molecule has 1 rings (SSSR count). The average Bonchev–Trinajstić information content (AvgIpc) is 2.28. The van der Waals surface area contributed by atoms with Crippen molar-refractivity contribution in [3.63, 3.8) is 0 Å². The van der Waals surface area contributed by atoms with Gasteiger partial charge < -0.3 is 4.74 Å². The molecule has 0 aromatic heterocycles. The highest BCUT2D eigenvalue weighted by Gasteiger charge is 1.97. The van der Waals surface area contributed by atoms with Gasteiger partial charge in [0, 0.05) is 6.42 Å². The Bertz CT molecular complexity index is 372. The summed E-state index contributed by atoms with van der Waals surface area (Å²) < 4.78 is 17.3. The highest BCUT2D eigenvalue weighted by molar-refractivity contribution is 5.69. The second-order valence-corrected chi connectivity index (χ2v) is 3.43. The van der Waals surface area contributed by atoms with Gasteiger partial charge in [0.2, 0.25) is 0 Å². The SMILES string of the molecule is COC(=O)CCCC=Cc1cccc(F)c1. The summed E-state index contributed by atoms with van der Waals surface area (Å²) in [6.07, 6.45) is 5.73. The summed E-state index contributed by atoms with van der Waals surface area (Å²) in [4.78, 5) is 10.8. The van der Waals surface area contributed by atoms with Crippen LogP contribution in [0, 0.1) is 5.82 Å². The van der Waals surface area contributed by atoms with Gasteiger partial charge in [-0.15, -0.1) is 0 Å². The quantitative estimate of drug-likeness (QED) is 0.565. The number of methoxy groups -OCH3 is 1. The Labute approximate surface area is 94.7 Å². The van der Waals surface area contributed by atoms with Crippen molar-refractivity contribution >= 4 is 12.0 Å². The summed E-state index contributed by atoms with van der Waals surface area (Å²) in [6, 6.07) is 6.38. The van der Waals surface area contributed by atoms with Gasteiger partial charge in [0.15, 0.2) is 0 Å². The first-order valence-electron chi connectivity index (χ1n) is 5.21. The minimum Gasteiger partial charge on any atom is -0.469 e. The first kappa shape index (κ1) is 12.4. The van der Waals surface area contributed by atoms with Gasteiger partial charge in [0.25, 0.3) is 0 Å². The third-order valence-corrected chi connectivity index (χ3v) is 2.14. The molecular formula is C13H15FO2. The monoisotopic (exact) mass is 222 g/mol. The number of esters is 1. The molecule has 0 heterocycles. The van der Waals surface area contributed by atoms with Crippen LogP contribution in [0.25, 0.3) is 6.08 Å². The number of carbonyl (C=O) groups is 1. The maximum atomic E-state index is 12.8. The summed E-state index contributed by atoms with van der Waals surface area (Å²) in [5.41, 5.74) is 0.832. The fraction of sp³-hybridized carbons (Fsp3) is 0.308. The number of halogens is 1. The smallest absolute Gasteiger partial charge is 0.305 e. The van der Waals surface area contributed by atoms with Gasteiger partial charge in [-0.3, -0.25) is 4.79 Å². The van der Waals surface area contributed by atoms with Crippen molar-refractivity contribution in [2.45, 2.75) is 19.3 Å².